The summed E-state index contributed by atoms with van der Waals surface area (Å²) in [6.45, 7) is 6.06. The van der Waals surface area contributed by atoms with E-state index >= 15 is 0 Å². The van der Waals surface area contributed by atoms with Gasteiger partial charge in [0.2, 0.25) is 5.91 Å². The van der Waals surface area contributed by atoms with Gasteiger partial charge in [-0.3, -0.25) is 9.10 Å². The largest absolute Gasteiger partial charge is 0.492 e. The number of hydrogen-bond donors (Lipinski definition) is 1. The summed E-state index contributed by atoms with van der Waals surface area (Å²) >= 11 is 0. The van der Waals surface area contributed by atoms with Crippen molar-refractivity contribution >= 4 is 21.6 Å². The summed E-state index contributed by atoms with van der Waals surface area (Å²) in [7, 11) is -3.92. The molecule has 1 N–H and O–H groups in total. The van der Waals surface area contributed by atoms with E-state index in [1.54, 1.807) is 30.3 Å². The molecule has 0 saturated heterocycles. The van der Waals surface area contributed by atoms with Gasteiger partial charge in [0.15, 0.2) is 0 Å². The first-order valence-electron chi connectivity index (χ1n) is 10.4. The molecule has 32 heavy (non-hydrogen) atoms. The van der Waals surface area contributed by atoms with Crippen molar-refractivity contribution in [3.8, 4) is 5.75 Å². The first kappa shape index (κ1) is 23.3. The molecule has 168 valence electrons. The molecular formula is C25H28N2O4S. The van der Waals surface area contributed by atoms with Crippen LogP contribution >= 0.6 is 0 Å². The zero-order valence-corrected chi connectivity index (χ0v) is 19.4. The fraction of sp³-hybridized carbons (Fsp3) is 0.240. The molecule has 0 aliphatic rings. The zero-order chi connectivity index (χ0) is 23.1. The summed E-state index contributed by atoms with van der Waals surface area (Å²) in [6.07, 6.45) is 0. The minimum Gasteiger partial charge on any atom is -0.492 e. The number of ether oxygens (including phenoxy) is 1. The number of nitrogens with one attached hydrogen (secondary N) is 1. The fourth-order valence-electron chi connectivity index (χ4n) is 3.17. The Kier molecular flexibility index (Phi) is 7.53. The van der Waals surface area contributed by atoms with Gasteiger partial charge in [0.25, 0.3) is 10.0 Å². The topological polar surface area (TPSA) is 75.7 Å². The van der Waals surface area contributed by atoms with Crippen molar-refractivity contribution in [2.24, 2.45) is 0 Å². The highest BCUT2D eigenvalue weighted by molar-refractivity contribution is 7.92. The van der Waals surface area contributed by atoms with Crippen LogP contribution in [0.2, 0.25) is 0 Å². The third-order valence-electron chi connectivity index (χ3n) is 5.08. The van der Waals surface area contributed by atoms with Gasteiger partial charge in [-0.15, -0.1) is 0 Å². The first-order valence-corrected chi connectivity index (χ1v) is 11.8. The molecule has 0 aromatic heterocycles. The van der Waals surface area contributed by atoms with Crippen LogP contribution in [0.1, 0.15) is 16.7 Å². The number of sulfonamides is 1. The number of benzene rings is 3. The Bertz CT molecular complexity index is 1180. The van der Waals surface area contributed by atoms with Gasteiger partial charge in [-0.2, -0.15) is 0 Å². The van der Waals surface area contributed by atoms with Crippen molar-refractivity contribution in [1.82, 2.24) is 5.32 Å². The maximum Gasteiger partial charge on any atom is 0.264 e. The molecule has 3 aromatic carbocycles. The molecule has 0 saturated carbocycles. The summed E-state index contributed by atoms with van der Waals surface area (Å²) in [5.74, 6) is 0.318. The first-order chi connectivity index (χ1) is 15.3. The van der Waals surface area contributed by atoms with Crippen LogP contribution in [-0.2, 0) is 14.8 Å². The third-order valence-corrected chi connectivity index (χ3v) is 6.87. The van der Waals surface area contributed by atoms with Gasteiger partial charge in [0, 0.05) is 0 Å². The van der Waals surface area contributed by atoms with Crippen LogP contribution < -0.4 is 14.4 Å². The van der Waals surface area contributed by atoms with E-state index in [2.05, 4.69) is 5.32 Å². The average molecular weight is 453 g/mol. The van der Waals surface area contributed by atoms with Crippen molar-refractivity contribution in [2.75, 3.05) is 24.0 Å². The van der Waals surface area contributed by atoms with Gasteiger partial charge >= 0.3 is 0 Å². The van der Waals surface area contributed by atoms with E-state index < -0.39 is 15.9 Å². The molecule has 0 radical (unpaired) electrons. The van der Waals surface area contributed by atoms with Gasteiger partial charge in [0.05, 0.1) is 17.1 Å². The van der Waals surface area contributed by atoms with Crippen molar-refractivity contribution in [3.63, 3.8) is 0 Å². The number of anilines is 1. The monoisotopic (exact) mass is 452 g/mol. The lowest BCUT2D eigenvalue weighted by molar-refractivity contribution is -0.119. The number of nitrogens with zero attached hydrogens (tertiary/aromatic N) is 1. The molecule has 7 heteroatoms. The number of aryl methyl sites for hydroxylation is 3. The van der Waals surface area contributed by atoms with E-state index in [-0.39, 0.29) is 24.6 Å². The molecule has 3 aromatic rings. The molecular weight excluding hydrogens is 424 g/mol. The van der Waals surface area contributed by atoms with Gasteiger partial charge in [-0.05, 0) is 73.9 Å². The Balaban J connectivity index is 1.72. The highest BCUT2D eigenvalue weighted by Crippen LogP contribution is 2.25. The van der Waals surface area contributed by atoms with E-state index in [1.807, 2.05) is 51.1 Å². The fourth-order valence-corrected chi connectivity index (χ4v) is 4.60. The van der Waals surface area contributed by atoms with E-state index in [0.717, 1.165) is 26.7 Å². The highest BCUT2D eigenvalue weighted by Gasteiger charge is 2.27. The van der Waals surface area contributed by atoms with Crippen LogP contribution in [0.3, 0.4) is 0 Å². The van der Waals surface area contributed by atoms with E-state index in [0.29, 0.717) is 5.69 Å². The highest BCUT2D eigenvalue weighted by atomic mass is 32.2. The number of carbonyl (C=O) groups excluding carboxylic acids is 1. The summed E-state index contributed by atoms with van der Waals surface area (Å²) < 4.78 is 33.5. The Morgan fingerprint density at radius 2 is 1.66 bits per heavy atom. The maximum absolute atomic E-state index is 13.3. The molecule has 6 nitrogen and oxygen atoms in total. The van der Waals surface area contributed by atoms with Crippen molar-refractivity contribution < 1.29 is 17.9 Å². The summed E-state index contributed by atoms with van der Waals surface area (Å²) in [5, 5.41) is 2.75. The lowest BCUT2D eigenvalue weighted by Gasteiger charge is -2.25. The Hall–Kier alpha value is -3.32. The predicted molar refractivity (Wildman–Crippen MR) is 127 cm³/mol. The Morgan fingerprint density at radius 1 is 0.906 bits per heavy atom. The minimum atomic E-state index is -3.92. The van der Waals surface area contributed by atoms with Crippen LogP contribution in [0.5, 0.6) is 5.75 Å². The van der Waals surface area contributed by atoms with E-state index in [9.17, 15) is 13.2 Å². The molecule has 0 aliphatic heterocycles. The quantitative estimate of drug-likeness (QED) is 0.498. The smallest absolute Gasteiger partial charge is 0.264 e. The lowest BCUT2D eigenvalue weighted by Crippen LogP contribution is -2.42. The van der Waals surface area contributed by atoms with Crippen molar-refractivity contribution in [1.29, 1.82) is 0 Å². The second-order valence-corrected chi connectivity index (χ2v) is 9.47. The molecule has 0 fully saturated rings. The summed E-state index contributed by atoms with van der Waals surface area (Å²) in [5.41, 5.74) is 3.52. The van der Waals surface area contributed by atoms with Crippen LogP contribution in [0.25, 0.3) is 0 Å². The number of hydrogen-bond acceptors (Lipinski definition) is 4. The van der Waals surface area contributed by atoms with Gasteiger partial charge in [-0.1, -0.05) is 36.4 Å². The lowest BCUT2D eigenvalue weighted by atomic mass is 10.1. The standard InChI is InChI=1S/C25H28N2O4S/c1-19-8-7-9-23(16-19)31-15-14-26-25(28)18-27(22-13-12-20(2)21(3)17-22)32(29,30)24-10-5-4-6-11-24/h4-13,16-17H,14-15,18H2,1-3H3,(H,26,28). The van der Waals surface area contributed by atoms with E-state index in [4.69, 9.17) is 4.74 Å². The van der Waals surface area contributed by atoms with Crippen molar-refractivity contribution in [2.45, 2.75) is 25.7 Å². The minimum absolute atomic E-state index is 0.133. The Labute approximate surface area is 189 Å². The molecule has 0 aliphatic carbocycles. The Morgan fingerprint density at radius 3 is 2.34 bits per heavy atom. The summed E-state index contributed by atoms with van der Waals surface area (Å²) in [6, 6.07) is 21.1. The number of rotatable bonds is 9. The van der Waals surface area contributed by atoms with Crippen LogP contribution in [0, 0.1) is 20.8 Å². The number of carbonyl (C=O) groups is 1. The molecule has 3 rings (SSSR count). The van der Waals surface area contributed by atoms with Gasteiger partial charge in [0.1, 0.15) is 18.9 Å². The van der Waals surface area contributed by atoms with E-state index in [1.165, 1.54) is 12.1 Å². The number of amides is 1. The predicted octanol–water partition coefficient (Wildman–Crippen LogP) is 4.00. The third kappa shape index (κ3) is 5.88. The zero-order valence-electron chi connectivity index (χ0n) is 18.5. The van der Waals surface area contributed by atoms with Crippen LogP contribution in [0.15, 0.2) is 77.7 Å². The second-order valence-electron chi connectivity index (χ2n) is 7.61. The molecule has 0 atom stereocenters. The van der Waals surface area contributed by atoms with Gasteiger partial charge in [-0.25, -0.2) is 8.42 Å². The molecule has 0 spiro atoms. The van der Waals surface area contributed by atoms with Crippen LogP contribution in [0.4, 0.5) is 5.69 Å². The molecule has 0 unspecified atom stereocenters. The normalized spacial score (nSPS) is 11.1. The molecule has 0 heterocycles. The second kappa shape index (κ2) is 10.3. The van der Waals surface area contributed by atoms with Crippen LogP contribution in [-0.4, -0.2) is 34.0 Å². The maximum atomic E-state index is 13.3. The summed E-state index contributed by atoms with van der Waals surface area (Å²) in [4.78, 5) is 12.8. The SMILES string of the molecule is Cc1cccc(OCCNC(=O)CN(c2ccc(C)c(C)c2)S(=O)(=O)c2ccccc2)c1. The van der Waals surface area contributed by atoms with Gasteiger partial charge < -0.3 is 10.1 Å². The molecule has 0 bridgehead atoms. The van der Waals surface area contributed by atoms with Crippen molar-refractivity contribution in [3.05, 3.63) is 89.5 Å². The average Bonchev–Trinajstić information content (AvgIpc) is 2.77. The molecule has 1 amide bonds.